The van der Waals surface area contributed by atoms with Gasteiger partial charge in [0.2, 0.25) is 11.8 Å². The van der Waals surface area contributed by atoms with Gasteiger partial charge in [0.25, 0.3) is 15.7 Å². The van der Waals surface area contributed by atoms with E-state index in [2.05, 4.69) is 5.32 Å². The molecule has 0 aliphatic carbocycles. The van der Waals surface area contributed by atoms with Gasteiger partial charge in [0.05, 0.1) is 22.6 Å². The molecule has 0 bridgehead atoms. The fourth-order valence-corrected chi connectivity index (χ4v) is 6.68. The first-order chi connectivity index (χ1) is 23.0. The minimum absolute atomic E-state index is 0.0368. The normalized spacial score (nSPS) is 11.8. The number of carbonyl (C=O) groups excluding carboxylic acids is 2. The largest absolute Gasteiger partial charge is 0.497 e. The maximum Gasteiger partial charge on any atom is 0.273 e. The van der Waals surface area contributed by atoms with Crippen LogP contribution in [0.2, 0.25) is 0 Å². The van der Waals surface area contributed by atoms with Crippen LogP contribution in [0.1, 0.15) is 35.6 Å². The highest BCUT2D eigenvalue weighted by Gasteiger charge is 2.35. The lowest BCUT2D eigenvalue weighted by Gasteiger charge is -2.34. The van der Waals surface area contributed by atoms with Crippen molar-refractivity contribution in [1.29, 1.82) is 0 Å². The summed E-state index contributed by atoms with van der Waals surface area (Å²) in [6.07, 6.45) is 0.870. The number of hydrogen-bond acceptors (Lipinski definition) is 7. The molecular formula is C36H40N4O7S. The van der Waals surface area contributed by atoms with Gasteiger partial charge in [-0.25, -0.2) is 8.42 Å². The van der Waals surface area contributed by atoms with Gasteiger partial charge in [-0.15, -0.1) is 0 Å². The van der Waals surface area contributed by atoms with Gasteiger partial charge in [-0.3, -0.25) is 24.0 Å². The molecule has 252 valence electrons. The highest BCUT2D eigenvalue weighted by atomic mass is 32.2. The lowest BCUT2D eigenvalue weighted by atomic mass is 10.0. The standard InChI is InChI=1S/C36H40N4O7S/c1-5-21-37-36(42)34(22-28-12-7-6-8-13-28)38(24-29-14-10-9-11-26(29)2)35(41)25-39(30-16-18-31(47-4)19-17-30)48(45,46)32-20-15-27(3)33(23-32)40(43)44/h6-20,23,34H,5,21-22,24-25H2,1-4H3,(H,37,42)/t34-/m0/s1. The Morgan fingerprint density at radius 3 is 2.21 bits per heavy atom. The molecule has 12 heteroatoms. The number of carbonyl (C=O) groups is 2. The summed E-state index contributed by atoms with van der Waals surface area (Å²) >= 11 is 0. The molecule has 0 radical (unpaired) electrons. The molecule has 0 unspecified atom stereocenters. The fourth-order valence-electron chi connectivity index (χ4n) is 5.24. The molecule has 4 aromatic carbocycles. The predicted octanol–water partition coefficient (Wildman–Crippen LogP) is 5.58. The van der Waals surface area contributed by atoms with Crippen molar-refractivity contribution in [3.8, 4) is 5.75 Å². The highest BCUT2D eigenvalue weighted by molar-refractivity contribution is 7.92. The topological polar surface area (TPSA) is 139 Å². The Labute approximate surface area is 281 Å². The van der Waals surface area contributed by atoms with Gasteiger partial charge in [0.1, 0.15) is 18.3 Å². The number of benzene rings is 4. The van der Waals surface area contributed by atoms with Crippen molar-refractivity contribution >= 4 is 33.2 Å². The van der Waals surface area contributed by atoms with E-state index in [1.807, 2.05) is 68.4 Å². The van der Waals surface area contributed by atoms with Crippen LogP contribution in [-0.2, 0) is 32.6 Å². The van der Waals surface area contributed by atoms with E-state index >= 15 is 0 Å². The van der Waals surface area contributed by atoms with Crippen LogP contribution < -0.4 is 14.4 Å². The Hall–Kier alpha value is -5.23. The van der Waals surface area contributed by atoms with E-state index in [1.54, 1.807) is 12.1 Å². The zero-order valence-corrected chi connectivity index (χ0v) is 28.3. The monoisotopic (exact) mass is 672 g/mol. The van der Waals surface area contributed by atoms with E-state index in [9.17, 15) is 28.1 Å². The zero-order valence-electron chi connectivity index (χ0n) is 27.5. The number of rotatable bonds is 15. The number of nitrogens with zero attached hydrogens (tertiary/aromatic N) is 3. The van der Waals surface area contributed by atoms with Crippen molar-refractivity contribution < 1.29 is 27.7 Å². The molecule has 0 fully saturated rings. The molecular weight excluding hydrogens is 632 g/mol. The van der Waals surface area contributed by atoms with E-state index in [-0.39, 0.29) is 40.7 Å². The summed E-state index contributed by atoms with van der Waals surface area (Å²) < 4.78 is 34.8. The number of nitrogens with one attached hydrogen (secondary N) is 1. The average Bonchev–Trinajstić information content (AvgIpc) is 3.08. The SMILES string of the molecule is CCCNC(=O)[C@H](Cc1ccccc1)N(Cc1ccccc1C)C(=O)CN(c1ccc(OC)cc1)S(=O)(=O)c1ccc(C)c([N+](=O)[O-])c1. The van der Waals surface area contributed by atoms with Gasteiger partial charge in [-0.05, 0) is 67.3 Å². The molecule has 0 saturated heterocycles. The minimum Gasteiger partial charge on any atom is -0.497 e. The Bertz CT molecular complexity index is 1850. The quantitative estimate of drug-likeness (QED) is 0.128. The summed E-state index contributed by atoms with van der Waals surface area (Å²) in [6, 6.07) is 25.5. The number of sulfonamides is 1. The minimum atomic E-state index is -4.54. The number of nitro benzene ring substituents is 1. The van der Waals surface area contributed by atoms with Gasteiger partial charge in [0.15, 0.2) is 0 Å². The summed E-state index contributed by atoms with van der Waals surface area (Å²) in [7, 11) is -3.06. The molecule has 0 heterocycles. The van der Waals surface area contributed by atoms with Crippen LogP contribution in [0.3, 0.4) is 0 Å². The first-order valence-corrected chi connectivity index (χ1v) is 17.0. The summed E-state index contributed by atoms with van der Waals surface area (Å²) in [5.74, 6) is -0.535. The van der Waals surface area contributed by atoms with Crippen molar-refractivity contribution in [2.75, 3.05) is 24.5 Å². The van der Waals surface area contributed by atoms with Crippen molar-refractivity contribution in [2.24, 2.45) is 0 Å². The molecule has 0 spiro atoms. The first kappa shape index (κ1) is 35.6. The van der Waals surface area contributed by atoms with E-state index < -0.39 is 33.4 Å². The smallest absolute Gasteiger partial charge is 0.273 e. The van der Waals surface area contributed by atoms with Crippen LogP contribution in [0.5, 0.6) is 5.75 Å². The molecule has 48 heavy (non-hydrogen) atoms. The zero-order chi connectivity index (χ0) is 34.8. The third kappa shape index (κ3) is 8.56. The van der Waals surface area contributed by atoms with Crippen LogP contribution in [0.25, 0.3) is 0 Å². The van der Waals surface area contributed by atoms with E-state index in [0.29, 0.717) is 18.7 Å². The number of anilines is 1. The lowest BCUT2D eigenvalue weighted by molar-refractivity contribution is -0.385. The predicted molar refractivity (Wildman–Crippen MR) is 184 cm³/mol. The van der Waals surface area contributed by atoms with Crippen molar-refractivity contribution in [3.05, 3.63) is 129 Å². The summed E-state index contributed by atoms with van der Waals surface area (Å²) in [5, 5.41) is 14.6. The number of methoxy groups -OCH3 is 1. The van der Waals surface area contributed by atoms with Crippen LogP contribution in [0, 0.1) is 24.0 Å². The van der Waals surface area contributed by atoms with Crippen LogP contribution in [0.4, 0.5) is 11.4 Å². The molecule has 1 atom stereocenters. The average molecular weight is 673 g/mol. The van der Waals surface area contributed by atoms with Crippen LogP contribution >= 0.6 is 0 Å². The van der Waals surface area contributed by atoms with Crippen LogP contribution in [-0.4, -0.2) is 56.3 Å². The van der Waals surface area contributed by atoms with E-state index in [0.717, 1.165) is 27.1 Å². The van der Waals surface area contributed by atoms with Gasteiger partial charge < -0.3 is 15.0 Å². The van der Waals surface area contributed by atoms with Gasteiger partial charge in [-0.1, -0.05) is 67.6 Å². The molecule has 0 aliphatic rings. The van der Waals surface area contributed by atoms with Gasteiger partial charge in [-0.2, -0.15) is 0 Å². The molecule has 0 saturated carbocycles. The second kappa shape index (κ2) is 16.1. The number of hydrogen-bond donors (Lipinski definition) is 1. The Balaban J connectivity index is 1.84. The van der Waals surface area contributed by atoms with Gasteiger partial charge >= 0.3 is 0 Å². The van der Waals surface area contributed by atoms with E-state index in [1.165, 1.54) is 43.2 Å². The summed E-state index contributed by atoms with van der Waals surface area (Å²) in [5.41, 5.74) is 2.57. The van der Waals surface area contributed by atoms with Gasteiger partial charge in [0, 0.05) is 31.1 Å². The Kier molecular flexibility index (Phi) is 11.9. The maximum atomic E-state index is 14.6. The highest BCUT2D eigenvalue weighted by Crippen LogP contribution is 2.30. The Morgan fingerprint density at radius 2 is 1.58 bits per heavy atom. The Morgan fingerprint density at radius 1 is 0.917 bits per heavy atom. The molecule has 1 N–H and O–H groups in total. The van der Waals surface area contributed by atoms with Crippen molar-refractivity contribution in [2.45, 2.75) is 51.1 Å². The number of ether oxygens (including phenoxy) is 1. The molecule has 4 aromatic rings. The number of aryl methyl sites for hydroxylation is 2. The first-order valence-electron chi connectivity index (χ1n) is 15.5. The molecule has 4 rings (SSSR count). The lowest BCUT2D eigenvalue weighted by Crippen LogP contribution is -2.53. The molecule has 2 amide bonds. The number of nitro groups is 1. The summed E-state index contributed by atoms with van der Waals surface area (Å²) in [4.78, 5) is 40.5. The maximum absolute atomic E-state index is 14.6. The third-order valence-corrected chi connectivity index (χ3v) is 9.80. The fraction of sp³-hybridized carbons (Fsp3) is 0.278. The second-order valence-corrected chi connectivity index (χ2v) is 13.2. The van der Waals surface area contributed by atoms with Crippen molar-refractivity contribution in [1.82, 2.24) is 10.2 Å². The number of amides is 2. The third-order valence-electron chi connectivity index (χ3n) is 8.03. The molecule has 11 nitrogen and oxygen atoms in total. The summed E-state index contributed by atoms with van der Waals surface area (Å²) in [6.45, 7) is 5.09. The van der Waals surface area contributed by atoms with Crippen LogP contribution in [0.15, 0.2) is 102 Å². The molecule has 0 aliphatic heterocycles. The second-order valence-electron chi connectivity index (χ2n) is 11.4. The van der Waals surface area contributed by atoms with Crippen molar-refractivity contribution in [3.63, 3.8) is 0 Å². The van der Waals surface area contributed by atoms with E-state index in [4.69, 9.17) is 4.74 Å². The molecule has 0 aromatic heterocycles.